The lowest BCUT2D eigenvalue weighted by molar-refractivity contribution is 0.0689. The summed E-state index contributed by atoms with van der Waals surface area (Å²) >= 11 is 0. The molecule has 1 aliphatic carbocycles. The van der Waals surface area contributed by atoms with Gasteiger partial charge in [0.05, 0.1) is 12.8 Å². The van der Waals surface area contributed by atoms with Crippen molar-refractivity contribution in [2.75, 3.05) is 7.11 Å². The Labute approximate surface area is 116 Å². The number of methoxy groups -OCH3 is 1. The molecule has 0 amide bonds. The lowest BCUT2D eigenvalue weighted by atomic mass is 10.0. The minimum Gasteiger partial charge on any atom is -0.496 e. The summed E-state index contributed by atoms with van der Waals surface area (Å²) in [7, 11) is 3.40. The van der Waals surface area contributed by atoms with Crippen LogP contribution in [0.15, 0.2) is 18.2 Å². The van der Waals surface area contributed by atoms with Gasteiger partial charge in [-0.15, -0.1) is 0 Å². The maximum atomic E-state index is 11.0. The zero-order chi connectivity index (χ0) is 14.3. The third kappa shape index (κ3) is 1.86. The van der Waals surface area contributed by atoms with Crippen LogP contribution in [-0.2, 0) is 19.9 Å². The SMILES string of the molecule is COc1c(-c2cc(C(=O)O)nn2C)ccc2c1CCC2. The second kappa shape index (κ2) is 4.67. The van der Waals surface area contributed by atoms with Gasteiger partial charge in [-0.25, -0.2) is 4.79 Å². The summed E-state index contributed by atoms with van der Waals surface area (Å²) < 4.78 is 7.16. The van der Waals surface area contributed by atoms with E-state index in [1.54, 1.807) is 24.9 Å². The molecule has 0 unspecified atom stereocenters. The highest BCUT2D eigenvalue weighted by Gasteiger charge is 2.22. The van der Waals surface area contributed by atoms with E-state index in [4.69, 9.17) is 9.84 Å². The van der Waals surface area contributed by atoms with Crippen LogP contribution < -0.4 is 4.74 Å². The van der Waals surface area contributed by atoms with E-state index in [9.17, 15) is 4.79 Å². The molecular weight excluding hydrogens is 256 g/mol. The van der Waals surface area contributed by atoms with Crippen LogP contribution in [0.3, 0.4) is 0 Å². The number of benzene rings is 1. The molecule has 104 valence electrons. The van der Waals surface area contributed by atoms with Gasteiger partial charge in [-0.3, -0.25) is 4.68 Å². The Balaban J connectivity index is 2.17. The Morgan fingerprint density at radius 2 is 2.20 bits per heavy atom. The number of hydrogen-bond acceptors (Lipinski definition) is 3. The van der Waals surface area contributed by atoms with Crippen molar-refractivity contribution >= 4 is 5.97 Å². The molecule has 0 atom stereocenters. The molecule has 1 aromatic heterocycles. The standard InChI is InChI=1S/C15H16N2O3/c1-17-13(8-12(16-17)15(18)19)11-7-6-9-4-3-5-10(9)14(11)20-2/h6-8H,3-5H2,1-2H3,(H,18,19). The van der Waals surface area contributed by atoms with E-state index in [0.29, 0.717) is 0 Å². The summed E-state index contributed by atoms with van der Waals surface area (Å²) in [5, 5.41) is 13.1. The molecule has 0 saturated carbocycles. The first kappa shape index (κ1) is 12.7. The van der Waals surface area contributed by atoms with Gasteiger partial charge in [0.2, 0.25) is 0 Å². The predicted octanol–water partition coefficient (Wildman–Crippen LogP) is 2.28. The second-order valence-electron chi connectivity index (χ2n) is 4.98. The maximum Gasteiger partial charge on any atom is 0.356 e. The average Bonchev–Trinajstić information content (AvgIpc) is 3.03. The molecular formula is C15H16N2O3. The van der Waals surface area contributed by atoms with Crippen molar-refractivity contribution in [3.05, 3.63) is 35.0 Å². The van der Waals surface area contributed by atoms with Gasteiger partial charge < -0.3 is 9.84 Å². The molecule has 0 aliphatic heterocycles. The molecule has 2 aromatic rings. The van der Waals surface area contributed by atoms with Crippen LogP contribution in [0, 0.1) is 0 Å². The fraction of sp³-hybridized carbons (Fsp3) is 0.333. The van der Waals surface area contributed by atoms with E-state index in [1.807, 2.05) is 6.07 Å². The van der Waals surface area contributed by atoms with Gasteiger partial charge in [0.15, 0.2) is 5.69 Å². The van der Waals surface area contributed by atoms with Gasteiger partial charge in [0.25, 0.3) is 0 Å². The predicted molar refractivity (Wildman–Crippen MR) is 74.2 cm³/mol. The van der Waals surface area contributed by atoms with Crippen LogP contribution >= 0.6 is 0 Å². The van der Waals surface area contributed by atoms with Crippen LogP contribution in [0.25, 0.3) is 11.3 Å². The number of nitrogens with zero attached hydrogens (tertiary/aromatic N) is 2. The van der Waals surface area contributed by atoms with Crippen molar-refractivity contribution in [1.29, 1.82) is 0 Å². The number of aromatic carboxylic acids is 1. The smallest absolute Gasteiger partial charge is 0.356 e. The molecule has 5 heteroatoms. The lowest BCUT2D eigenvalue weighted by Gasteiger charge is -2.13. The summed E-state index contributed by atoms with van der Waals surface area (Å²) in [6.07, 6.45) is 3.23. The Morgan fingerprint density at radius 3 is 2.85 bits per heavy atom. The van der Waals surface area contributed by atoms with E-state index in [0.717, 1.165) is 36.3 Å². The quantitative estimate of drug-likeness (QED) is 0.931. The summed E-state index contributed by atoms with van der Waals surface area (Å²) in [6.45, 7) is 0. The molecule has 5 nitrogen and oxygen atoms in total. The Kier molecular flexibility index (Phi) is 2.97. The van der Waals surface area contributed by atoms with Crippen molar-refractivity contribution in [1.82, 2.24) is 9.78 Å². The number of hydrogen-bond donors (Lipinski definition) is 1. The van der Waals surface area contributed by atoms with Gasteiger partial charge in [-0.05, 0) is 42.5 Å². The van der Waals surface area contributed by atoms with E-state index in [1.165, 1.54) is 11.1 Å². The number of carboxylic acid groups (broad SMARTS) is 1. The highest BCUT2D eigenvalue weighted by Crippen LogP contribution is 2.39. The number of rotatable bonds is 3. The maximum absolute atomic E-state index is 11.0. The number of aryl methyl sites for hydroxylation is 2. The topological polar surface area (TPSA) is 64.3 Å². The molecule has 0 radical (unpaired) electrons. The molecule has 0 bridgehead atoms. The summed E-state index contributed by atoms with van der Waals surface area (Å²) in [5.74, 6) is -0.174. The molecule has 1 aliphatic rings. The first-order valence-electron chi connectivity index (χ1n) is 6.58. The van der Waals surface area contributed by atoms with Crippen molar-refractivity contribution in [3.8, 4) is 17.0 Å². The zero-order valence-electron chi connectivity index (χ0n) is 11.5. The Bertz CT molecular complexity index is 689. The minimum atomic E-state index is -1.02. The summed E-state index contributed by atoms with van der Waals surface area (Å²) in [6, 6.07) is 5.68. The molecule has 0 saturated heterocycles. The normalized spacial score (nSPS) is 13.3. The van der Waals surface area contributed by atoms with Crippen LogP contribution in [0.2, 0.25) is 0 Å². The third-order valence-corrected chi connectivity index (χ3v) is 3.81. The third-order valence-electron chi connectivity index (χ3n) is 3.81. The van der Waals surface area contributed by atoms with E-state index in [2.05, 4.69) is 11.2 Å². The van der Waals surface area contributed by atoms with Gasteiger partial charge in [-0.1, -0.05) is 6.07 Å². The Hall–Kier alpha value is -2.30. The van der Waals surface area contributed by atoms with Gasteiger partial charge in [0, 0.05) is 12.6 Å². The second-order valence-corrected chi connectivity index (χ2v) is 4.98. The number of carboxylic acids is 1. The highest BCUT2D eigenvalue weighted by atomic mass is 16.5. The fourth-order valence-electron chi connectivity index (χ4n) is 2.89. The average molecular weight is 272 g/mol. The molecule has 1 N–H and O–H groups in total. The lowest BCUT2D eigenvalue weighted by Crippen LogP contribution is -2.00. The first-order valence-corrected chi connectivity index (χ1v) is 6.58. The van der Waals surface area contributed by atoms with Crippen LogP contribution in [0.1, 0.15) is 28.0 Å². The van der Waals surface area contributed by atoms with Crippen LogP contribution in [-0.4, -0.2) is 28.0 Å². The number of aromatic nitrogens is 2. The van der Waals surface area contributed by atoms with E-state index < -0.39 is 5.97 Å². The fourth-order valence-corrected chi connectivity index (χ4v) is 2.89. The highest BCUT2D eigenvalue weighted by molar-refractivity contribution is 5.87. The van der Waals surface area contributed by atoms with Gasteiger partial charge >= 0.3 is 5.97 Å². The van der Waals surface area contributed by atoms with Crippen molar-refractivity contribution in [3.63, 3.8) is 0 Å². The van der Waals surface area contributed by atoms with Crippen LogP contribution in [0.4, 0.5) is 0 Å². The zero-order valence-corrected chi connectivity index (χ0v) is 11.5. The first-order chi connectivity index (χ1) is 9.61. The Morgan fingerprint density at radius 1 is 1.40 bits per heavy atom. The molecule has 0 fully saturated rings. The van der Waals surface area contributed by atoms with Crippen LogP contribution in [0.5, 0.6) is 5.75 Å². The van der Waals surface area contributed by atoms with Gasteiger partial charge in [0.1, 0.15) is 5.75 Å². The molecule has 1 aromatic carbocycles. The summed E-state index contributed by atoms with van der Waals surface area (Å²) in [4.78, 5) is 11.0. The largest absolute Gasteiger partial charge is 0.496 e. The molecule has 0 spiro atoms. The van der Waals surface area contributed by atoms with Gasteiger partial charge in [-0.2, -0.15) is 5.10 Å². The van der Waals surface area contributed by atoms with E-state index >= 15 is 0 Å². The van der Waals surface area contributed by atoms with E-state index in [-0.39, 0.29) is 5.69 Å². The van der Waals surface area contributed by atoms with Crippen molar-refractivity contribution in [2.24, 2.45) is 7.05 Å². The monoisotopic (exact) mass is 272 g/mol. The molecule has 3 rings (SSSR count). The molecule has 1 heterocycles. The van der Waals surface area contributed by atoms with Crippen molar-refractivity contribution in [2.45, 2.75) is 19.3 Å². The number of carbonyl (C=O) groups is 1. The molecule has 20 heavy (non-hydrogen) atoms. The summed E-state index contributed by atoms with van der Waals surface area (Å²) in [5.41, 5.74) is 4.27. The minimum absolute atomic E-state index is 0.0463. The number of ether oxygens (including phenoxy) is 1. The van der Waals surface area contributed by atoms with Crippen molar-refractivity contribution < 1.29 is 14.6 Å². The number of fused-ring (bicyclic) bond motifs is 1.